The normalized spacial score (nSPS) is 16.6. The Morgan fingerprint density at radius 1 is 1.52 bits per heavy atom. The second-order valence-corrected chi connectivity index (χ2v) is 6.51. The summed E-state index contributed by atoms with van der Waals surface area (Å²) in [5.74, 6) is 1.13. The van der Waals surface area contributed by atoms with Crippen molar-refractivity contribution in [3.63, 3.8) is 0 Å². The minimum atomic E-state index is -0.117. The molecular weight excluding hydrogens is 322 g/mol. The lowest BCUT2D eigenvalue weighted by molar-refractivity contribution is 0.0720. The molecule has 3 heterocycles. The van der Waals surface area contributed by atoms with Crippen molar-refractivity contribution in [1.29, 1.82) is 5.26 Å². The molecule has 4 rings (SSSR count). The van der Waals surface area contributed by atoms with E-state index in [1.165, 1.54) is 0 Å². The summed E-state index contributed by atoms with van der Waals surface area (Å²) < 4.78 is 12.4. The molecule has 1 amide bonds. The Kier molecular flexibility index (Phi) is 4.01. The Hall–Kier alpha value is -2.66. The average Bonchev–Trinajstić information content (AvgIpc) is 3.27. The lowest BCUT2D eigenvalue weighted by atomic mass is 10.0. The number of hydrogen-bond donors (Lipinski definition) is 0. The molecule has 0 unspecified atom stereocenters. The molecule has 0 spiro atoms. The molecule has 1 aliphatic heterocycles. The zero-order valence-corrected chi connectivity index (χ0v) is 14.1. The molecule has 1 fully saturated rings. The first-order chi connectivity index (χ1) is 12.2. The van der Waals surface area contributed by atoms with Crippen LogP contribution in [0.4, 0.5) is 0 Å². The van der Waals surface area contributed by atoms with E-state index in [9.17, 15) is 4.79 Å². The highest BCUT2D eigenvalue weighted by Gasteiger charge is 2.32. The van der Waals surface area contributed by atoms with Crippen LogP contribution in [0, 0.1) is 11.3 Å². The van der Waals surface area contributed by atoms with Gasteiger partial charge in [0, 0.05) is 49.8 Å². The molecule has 0 radical (unpaired) electrons. The molecule has 130 valence electrons. The van der Waals surface area contributed by atoms with E-state index in [0.717, 1.165) is 42.0 Å². The Morgan fingerprint density at radius 2 is 2.36 bits per heavy atom. The van der Waals surface area contributed by atoms with Crippen LogP contribution in [0.15, 0.2) is 10.6 Å². The first-order valence-corrected chi connectivity index (χ1v) is 8.41. The zero-order valence-electron chi connectivity index (χ0n) is 14.1. The molecule has 0 saturated heterocycles. The maximum atomic E-state index is 12.7. The number of carbonyl (C=O) groups excluding carboxylic acids is 1. The Bertz CT molecular complexity index is 843. The minimum absolute atomic E-state index is 0.0247. The monoisotopic (exact) mass is 341 g/mol. The van der Waals surface area contributed by atoms with Crippen molar-refractivity contribution in [1.82, 2.24) is 19.8 Å². The lowest BCUT2D eigenvalue weighted by Gasteiger charge is -2.26. The maximum Gasteiger partial charge on any atom is 0.276 e. The largest absolute Gasteiger partial charge is 0.360 e. The van der Waals surface area contributed by atoms with E-state index in [4.69, 9.17) is 14.5 Å². The quantitative estimate of drug-likeness (QED) is 0.765. The number of aromatic nitrogens is 3. The van der Waals surface area contributed by atoms with E-state index in [-0.39, 0.29) is 19.1 Å². The second-order valence-electron chi connectivity index (χ2n) is 6.51. The van der Waals surface area contributed by atoms with Crippen LogP contribution in [-0.4, -0.2) is 38.9 Å². The molecular formula is C17H19N5O3. The number of rotatable bonds is 5. The van der Waals surface area contributed by atoms with Crippen molar-refractivity contribution in [2.75, 3.05) is 13.2 Å². The van der Waals surface area contributed by atoms with Crippen molar-refractivity contribution in [2.24, 2.45) is 7.05 Å². The van der Waals surface area contributed by atoms with Gasteiger partial charge < -0.3 is 14.2 Å². The van der Waals surface area contributed by atoms with E-state index < -0.39 is 0 Å². The first-order valence-electron chi connectivity index (χ1n) is 8.41. The molecule has 0 aromatic carbocycles. The number of amides is 1. The zero-order chi connectivity index (χ0) is 17.4. The van der Waals surface area contributed by atoms with Gasteiger partial charge in [-0.2, -0.15) is 10.4 Å². The summed E-state index contributed by atoms with van der Waals surface area (Å²) >= 11 is 0. The SMILES string of the molecule is Cn1nc(COCC#N)c2c1CCN(C(=O)c1cc(C3CC3)on1)C2. The van der Waals surface area contributed by atoms with Gasteiger partial charge >= 0.3 is 0 Å². The minimum Gasteiger partial charge on any atom is -0.360 e. The number of ether oxygens (including phenoxy) is 1. The van der Waals surface area contributed by atoms with E-state index in [1.54, 1.807) is 11.0 Å². The number of carbonyl (C=O) groups is 1. The van der Waals surface area contributed by atoms with Crippen LogP contribution < -0.4 is 0 Å². The number of nitrogens with zero attached hydrogens (tertiary/aromatic N) is 5. The summed E-state index contributed by atoms with van der Waals surface area (Å²) in [6.45, 7) is 1.39. The Balaban J connectivity index is 1.51. The molecule has 2 aliphatic rings. The summed E-state index contributed by atoms with van der Waals surface area (Å²) in [4.78, 5) is 14.5. The third kappa shape index (κ3) is 3.03. The van der Waals surface area contributed by atoms with Gasteiger partial charge in [-0.1, -0.05) is 5.16 Å². The number of aryl methyl sites for hydroxylation is 1. The third-order valence-electron chi connectivity index (χ3n) is 4.75. The highest BCUT2D eigenvalue weighted by atomic mass is 16.5. The van der Waals surface area contributed by atoms with Gasteiger partial charge in [-0.3, -0.25) is 9.48 Å². The fourth-order valence-electron chi connectivity index (χ4n) is 3.26. The predicted molar refractivity (Wildman–Crippen MR) is 85.4 cm³/mol. The average molecular weight is 341 g/mol. The molecule has 8 heteroatoms. The summed E-state index contributed by atoms with van der Waals surface area (Å²) in [5, 5.41) is 17.0. The molecule has 0 bridgehead atoms. The first kappa shape index (κ1) is 15.8. The predicted octanol–water partition coefficient (Wildman–Crippen LogP) is 1.52. The van der Waals surface area contributed by atoms with Crippen molar-refractivity contribution in [3.05, 3.63) is 34.5 Å². The van der Waals surface area contributed by atoms with Gasteiger partial charge in [0.25, 0.3) is 5.91 Å². The van der Waals surface area contributed by atoms with E-state index in [1.807, 2.05) is 17.8 Å². The van der Waals surface area contributed by atoms with Crippen LogP contribution in [0.3, 0.4) is 0 Å². The van der Waals surface area contributed by atoms with E-state index >= 15 is 0 Å². The van der Waals surface area contributed by atoms with Crippen LogP contribution in [0.2, 0.25) is 0 Å². The highest BCUT2D eigenvalue weighted by molar-refractivity contribution is 5.92. The summed E-state index contributed by atoms with van der Waals surface area (Å²) in [5.41, 5.74) is 3.27. The molecule has 0 atom stereocenters. The molecule has 1 aliphatic carbocycles. The maximum absolute atomic E-state index is 12.7. The van der Waals surface area contributed by atoms with Crippen LogP contribution in [0.5, 0.6) is 0 Å². The van der Waals surface area contributed by atoms with E-state index in [2.05, 4.69) is 10.3 Å². The summed E-state index contributed by atoms with van der Waals surface area (Å²) in [6, 6.07) is 3.72. The molecule has 2 aromatic heterocycles. The van der Waals surface area contributed by atoms with Crippen LogP contribution in [-0.2, 0) is 31.4 Å². The number of fused-ring (bicyclic) bond motifs is 1. The fourth-order valence-corrected chi connectivity index (χ4v) is 3.26. The van der Waals surface area contributed by atoms with Crippen LogP contribution >= 0.6 is 0 Å². The lowest BCUT2D eigenvalue weighted by Crippen LogP contribution is -2.36. The molecule has 8 nitrogen and oxygen atoms in total. The Labute approximate surface area is 144 Å². The molecule has 0 N–H and O–H groups in total. The van der Waals surface area contributed by atoms with Gasteiger partial charge in [0.05, 0.1) is 18.4 Å². The van der Waals surface area contributed by atoms with Gasteiger partial charge in [-0.15, -0.1) is 0 Å². The standard InChI is InChI=1S/C17H19N5O3/c1-21-15-4-6-22(9-12(15)14(19-21)10-24-7-5-18)17(23)13-8-16(25-20-13)11-2-3-11/h8,11H,2-4,6-7,9-10H2,1H3. The molecule has 1 saturated carbocycles. The second kappa shape index (κ2) is 6.33. The Morgan fingerprint density at radius 3 is 3.12 bits per heavy atom. The summed E-state index contributed by atoms with van der Waals surface area (Å²) in [6.07, 6.45) is 2.95. The van der Waals surface area contributed by atoms with E-state index in [0.29, 0.717) is 24.7 Å². The molecule has 25 heavy (non-hydrogen) atoms. The number of hydrogen-bond acceptors (Lipinski definition) is 6. The molecule has 2 aromatic rings. The van der Waals surface area contributed by atoms with Gasteiger partial charge in [-0.05, 0) is 12.8 Å². The van der Waals surface area contributed by atoms with Crippen molar-refractivity contribution in [3.8, 4) is 6.07 Å². The van der Waals surface area contributed by atoms with Gasteiger partial charge in [0.1, 0.15) is 12.4 Å². The van der Waals surface area contributed by atoms with Gasteiger partial charge in [0.15, 0.2) is 5.69 Å². The van der Waals surface area contributed by atoms with Gasteiger partial charge in [-0.25, -0.2) is 0 Å². The summed E-state index contributed by atoms with van der Waals surface area (Å²) in [7, 11) is 1.89. The number of nitriles is 1. The van der Waals surface area contributed by atoms with Crippen LogP contribution in [0.25, 0.3) is 0 Å². The van der Waals surface area contributed by atoms with Crippen molar-refractivity contribution >= 4 is 5.91 Å². The third-order valence-corrected chi connectivity index (χ3v) is 4.75. The highest BCUT2D eigenvalue weighted by Crippen LogP contribution is 2.40. The van der Waals surface area contributed by atoms with Crippen molar-refractivity contribution < 1.29 is 14.1 Å². The fraction of sp³-hybridized carbons (Fsp3) is 0.529. The smallest absolute Gasteiger partial charge is 0.276 e. The van der Waals surface area contributed by atoms with Crippen molar-refractivity contribution in [2.45, 2.75) is 38.3 Å². The van der Waals surface area contributed by atoms with Crippen LogP contribution in [0.1, 0.15) is 52.0 Å². The topological polar surface area (TPSA) is 97.2 Å². The van der Waals surface area contributed by atoms with Gasteiger partial charge in [0.2, 0.25) is 0 Å².